The van der Waals surface area contributed by atoms with Gasteiger partial charge in [0, 0.05) is 25.2 Å². The fourth-order valence-corrected chi connectivity index (χ4v) is 4.11. The molecule has 8 heteroatoms. The second kappa shape index (κ2) is 9.61. The van der Waals surface area contributed by atoms with Crippen LogP contribution in [0.1, 0.15) is 42.0 Å². The fraction of sp³-hybridized carbons (Fsp3) is 0.478. The van der Waals surface area contributed by atoms with Crippen molar-refractivity contribution in [3.05, 3.63) is 70.8 Å². The first-order chi connectivity index (χ1) is 14.6. The highest BCUT2D eigenvalue weighted by Crippen LogP contribution is 2.36. The number of nitrogens with one attached hydrogen (secondary N) is 2. The largest absolute Gasteiger partial charge is 0.416 e. The van der Waals surface area contributed by atoms with E-state index >= 15 is 0 Å². The summed E-state index contributed by atoms with van der Waals surface area (Å²) in [6.07, 6.45) is -7.24. The van der Waals surface area contributed by atoms with Crippen molar-refractivity contribution < 1.29 is 26.3 Å². The topological polar surface area (TPSA) is 24.1 Å². The number of hydrogen-bond acceptors (Lipinski definition) is 2. The summed E-state index contributed by atoms with van der Waals surface area (Å²) in [6, 6.07) is 11.9. The van der Waals surface area contributed by atoms with Gasteiger partial charge in [-0.15, -0.1) is 0 Å². The molecule has 170 valence electrons. The minimum absolute atomic E-state index is 0.0183. The summed E-state index contributed by atoms with van der Waals surface area (Å²) in [5, 5.41) is 6.74. The Hall–Kier alpha value is -2.06. The van der Waals surface area contributed by atoms with Crippen LogP contribution in [0.2, 0.25) is 0 Å². The molecule has 2 nitrogen and oxygen atoms in total. The zero-order chi connectivity index (χ0) is 22.6. The highest BCUT2D eigenvalue weighted by atomic mass is 19.4. The summed E-state index contributed by atoms with van der Waals surface area (Å²) in [7, 11) is 0. The van der Waals surface area contributed by atoms with Crippen molar-refractivity contribution in [2.45, 2.75) is 57.2 Å². The smallest absolute Gasteiger partial charge is 0.314 e. The summed E-state index contributed by atoms with van der Waals surface area (Å²) in [4.78, 5) is 0. The number of benzene rings is 2. The minimum Gasteiger partial charge on any atom is -0.314 e. The van der Waals surface area contributed by atoms with Gasteiger partial charge >= 0.3 is 12.4 Å². The third kappa shape index (κ3) is 6.46. The van der Waals surface area contributed by atoms with E-state index in [-0.39, 0.29) is 36.2 Å². The molecule has 0 aliphatic carbocycles. The Morgan fingerprint density at radius 2 is 1.52 bits per heavy atom. The molecule has 0 radical (unpaired) electrons. The molecule has 0 spiro atoms. The van der Waals surface area contributed by atoms with Crippen LogP contribution in [0.15, 0.2) is 48.5 Å². The summed E-state index contributed by atoms with van der Waals surface area (Å²) < 4.78 is 78.8. The first kappa shape index (κ1) is 23.6. The Balaban J connectivity index is 1.78. The lowest BCUT2D eigenvalue weighted by atomic mass is 9.84. The summed E-state index contributed by atoms with van der Waals surface area (Å²) in [5.41, 5.74) is -1.44. The number of piperidine rings is 1. The Morgan fingerprint density at radius 3 is 2.06 bits per heavy atom. The van der Waals surface area contributed by atoms with Crippen molar-refractivity contribution in [1.82, 2.24) is 10.6 Å². The van der Waals surface area contributed by atoms with Gasteiger partial charge < -0.3 is 10.6 Å². The third-order valence-corrected chi connectivity index (χ3v) is 5.83. The highest BCUT2D eigenvalue weighted by molar-refractivity contribution is 5.33. The van der Waals surface area contributed by atoms with Gasteiger partial charge in [-0.3, -0.25) is 0 Å². The van der Waals surface area contributed by atoms with Gasteiger partial charge in [-0.05, 0) is 54.5 Å². The van der Waals surface area contributed by atoms with E-state index in [1.54, 1.807) is 0 Å². The zero-order valence-electron chi connectivity index (χ0n) is 17.2. The molecule has 3 rings (SSSR count). The number of alkyl halides is 6. The molecule has 3 atom stereocenters. The molecule has 31 heavy (non-hydrogen) atoms. The molecule has 2 N–H and O–H groups in total. The van der Waals surface area contributed by atoms with Crippen LogP contribution in [0.25, 0.3) is 0 Å². The molecule has 0 aromatic heterocycles. The van der Waals surface area contributed by atoms with E-state index in [1.165, 1.54) is 0 Å². The van der Waals surface area contributed by atoms with Gasteiger partial charge in [0.25, 0.3) is 0 Å². The molecular formula is C23H26F6N2. The van der Waals surface area contributed by atoms with Gasteiger partial charge in [0.05, 0.1) is 11.1 Å². The first-order valence-electron chi connectivity index (χ1n) is 10.3. The Bertz CT molecular complexity index is 815. The van der Waals surface area contributed by atoms with Crippen molar-refractivity contribution in [2.24, 2.45) is 5.92 Å². The lowest BCUT2D eigenvalue weighted by Crippen LogP contribution is -2.52. The molecule has 1 aliphatic rings. The van der Waals surface area contributed by atoms with Crippen LogP contribution < -0.4 is 10.6 Å². The van der Waals surface area contributed by atoms with E-state index in [9.17, 15) is 26.3 Å². The quantitative estimate of drug-likeness (QED) is 0.550. The van der Waals surface area contributed by atoms with Crippen LogP contribution in [0.4, 0.5) is 26.3 Å². The van der Waals surface area contributed by atoms with Crippen molar-refractivity contribution in [1.29, 1.82) is 0 Å². The van der Waals surface area contributed by atoms with Gasteiger partial charge in [-0.1, -0.05) is 37.3 Å². The summed E-state index contributed by atoms with van der Waals surface area (Å²) >= 11 is 0. The van der Waals surface area contributed by atoms with Gasteiger partial charge in [0.15, 0.2) is 0 Å². The maximum Gasteiger partial charge on any atom is 0.416 e. The van der Waals surface area contributed by atoms with Crippen molar-refractivity contribution in [3.63, 3.8) is 0 Å². The van der Waals surface area contributed by atoms with Crippen LogP contribution in [-0.2, 0) is 25.3 Å². The van der Waals surface area contributed by atoms with Crippen LogP contribution in [0, 0.1) is 5.92 Å². The number of rotatable bonds is 6. The highest BCUT2D eigenvalue weighted by Gasteiger charge is 2.37. The van der Waals surface area contributed by atoms with Crippen molar-refractivity contribution >= 4 is 0 Å². The lowest BCUT2D eigenvalue weighted by Gasteiger charge is -2.38. The number of halogens is 6. The van der Waals surface area contributed by atoms with E-state index < -0.39 is 23.5 Å². The van der Waals surface area contributed by atoms with E-state index in [2.05, 4.69) is 17.6 Å². The normalized spacial score (nSPS) is 22.5. The number of hydrogen-bond donors (Lipinski definition) is 2. The fourth-order valence-electron chi connectivity index (χ4n) is 4.11. The Kier molecular flexibility index (Phi) is 7.31. The second-order valence-corrected chi connectivity index (χ2v) is 8.10. The van der Waals surface area contributed by atoms with Crippen LogP contribution in [0.5, 0.6) is 0 Å². The van der Waals surface area contributed by atoms with Gasteiger partial charge in [0.2, 0.25) is 0 Å². The maximum absolute atomic E-state index is 13.1. The summed E-state index contributed by atoms with van der Waals surface area (Å²) in [6.45, 7) is 2.73. The molecule has 0 bridgehead atoms. The predicted octanol–water partition coefficient (Wildman–Crippen LogP) is 5.81. The van der Waals surface area contributed by atoms with Crippen LogP contribution in [0.3, 0.4) is 0 Å². The first-order valence-corrected chi connectivity index (χ1v) is 10.3. The molecule has 2 aromatic carbocycles. The van der Waals surface area contributed by atoms with E-state index in [4.69, 9.17) is 0 Å². The second-order valence-electron chi connectivity index (χ2n) is 8.10. The molecule has 1 aliphatic heterocycles. The monoisotopic (exact) mass is 444 g/mol. The average molecular weight is 444 g/mol. The molecule has 1 heterocycles. The predicted molar refractivity (Wildman–Crippen MR) is 107 cm³/mol. The molecule has 0 amide bonds. The van der Waals surface area contributed by atoms with Gasteiger partial charge in [-0.2, -0.15) is 26.3 Å². The third-order valence-electron chi connectivity index (χ3n) is 5.83. The van der Waals surface area contributed by atoms with Gasteiger partial charge in [0.1, 0.15) is 0 Å². The minimum atomic E-state index is -4.84. The molecule has 0 saturated carbocycles. The van der Waals surface area contributed by atoms with E-state index in [0.29, 0.717) is 0 Å². The molecule has 3 unspecified atom stereocenters. The average Bonchev–Trinajstić information content (AvgIpc) is 2.72. The van der Waals surface area contributed by atoms with Crippen LogP contribution in [-0.4, -0.2) is 18.6 Å². The lowest BCUT2D eigenvalue weighted by molar-refractivity contribution is -0.143. The summed E-state index contributed by atoms with van der Waals surface area (Å²) in [5.74, 6) is 0.179. The van der Waals surface area contributed by atoms with Crippen molar-refractivity contribution in [2.75, 3.05) is 6.54 Å². The molecule has 2 aromatic rings. The van der Waals surface area contributed by atoms with Gasteiger partial charge in [-0.25, -0.2) is 0 Å². The standard InChI is InChI=1S/C23H26F6N2/c1-2-20-12-21(17(14-30-20)8-15-6-4-3-5-7-15)31-13-16-9-18(22(24,25)26)11-19(10-16)23(27,28)29/h3-7,9-11,17,20-21,30-31H,2,8,12-14H2,1H3. The van der Waals surface area contributed by atoms with Crippen LogP contribution >= 0.6 is 0 Å². The molecule has 1 fully saturated rings. The Labute approximate surface area is 178 Å². The molecule has 1 saturated heterocycles. The van der Waals surface area contributed by atoms with E-state index in [0.717, 1.165) is 43.5 Å². The van der Waals surface area contributed by atoms with Crippen molar-refractivity contribution in [3.8, 4) is 0 Å². The molecular weight excluding hydrogens is 418 g/mol. The SMILES string of the molecule is CCC1CC(NCc2cc(C(F)(F)F)cc(C(F)(F)F)c2)C(Cc2ccccc2)CN1. The Morgan fingerprint density at radius 1 is 0.903 bits per heavy atom. The maximum atomic E-state index is 13.1. The van der Waals surface area contributed by atoms with E-state index in [1.807, 2.05) is 30.3 Å². The zero-order valence-corrected chi connectivity index (χ0v) is 17.2.